The van der Waals surface area contributed by atoms with Crippen molar-refractivity contribution in [2.24, 2.45) is 0 Å². The van der Waals surface area contributed by atoms with Crippen LogP contribution in [-0.4, -0.2) is 0 Å². The zero-order valence-electron chi connectivity index (χ0n) is 37.6. The van der Waals surface area contributed by atoms with Crippen molar-refractivity contribution in [3.63, 3.8) is 0 Å². The molecular formula is C63H54. The van der Waals surface area contributed by atoms with Gasteiger partial charge in [-0.25, -0.2) is 0 Å². The molecule has 0 heterocycles. The fraction of sp³-hybridized carbons (Fsp3) is 0.143. The Labute approximate surface area is 373 Å². The third-order valence-corrected chi connectivity index (χ3v) is 13.9. The summed E-state index contributed by atoms with van der Waals surface area (Å²) in [5, 5.41) is 5.00. The highest BCUT2D eigenvalue weighted by atomic mass is 14.4. The molecule has 0 aliphatic heterocycles. The predicted molar refractivity (Wildman–Crippen MR) is 272 cm³/mol. The predicted octanol–water partition coefficient (Wildman–Crippen LogP) is 17.7. The fourth-order valence-corrected chi connectivity index (χ4v) is 10.6. The molecule has 306 valence electrons. The minimum atomic E-state index is -0.107. The molecule has 0 aromatic heterocycles. The molecule has 0 radical (unpaired) electrons. The van der Waals surface area contributed by atoms with Crippen molar-refractivity contribution in [2.75, 3.05) is 0 Å². The zero-order valence-corrected chi connectivity index (χ0v) is 37.6. The first-order valence-corrected chi connectivity index (χ1v) is 22.7. The molecule has 0 N–H and O–H groups in total. The Balaban J connectivity index is 0.00000232. The lowest BCUT2D eigenvalue weighted by Crippen LogP contribution is -2.14. The largest absolute Gasteiger partial charge is 0.0683 e. The first-order chi connectivity index (χ1) is 30.7. The molecule has 0 spiro atoms. The maximum absolute atomic E-state index is 2.48. The monoisotopic (exact) mass is 810 g/mol. The van der Waals surface area contributed by atoms with Crippen LogP contribution in [0.15, 0.2) is 200 Å². The van der Waals surface area contributed by atoms with Crippen molar-refractivity contribution in [1.82, 2.24) is 0 Å². The number of aryl methyl sites for hydroxylation is 1. The maximum atomic E-state index is 2.48. The molecule has 0 atom stereocenters. The molecule has 9 aromatic carbocycles. The number of fused-ring (bicyclic) bond motifs is 8. The van der Waals surface area contributed by atoms with E-state index in [0.717, 1.165) is 0 Å². The highest BCUT2D eigenvalue weighted by molar-refractivity contribution is 6.05. The minimum Gasteiger partial charge on any atom is -0.0683 e. The lowest BCUT2D eigenvalue weighted by molar-refractivity contribution is 0.660. The van der Waals surface area contributed by atoms with E-state index in [1.54, 1.807) is 0 Å². The molecule has 0 fully saturated rings. The first kappa shape index (κ1) is 40.1. The molecule has 63 heavy (non-hydrogen) atoms. The van der Waals surface area contributed by atoms with Crippen molar-refractivity contribution >= 4 is 21.5 Å². The van der Waals surface area contributed by atoms with Crippen molar-refractivity contribution in [1.29, 1.82) is 0 Å². The second-order valence-corrected chi connectivity index (χ2v) is 18.1. The standard InChI is InChI=1S/C61H48.C2H6/c1-39-25-26-40(41-27-29-43(30-28-41)47-22-14-16-42-15-6-7-17-46(42)47)31-34-48(44-32-35-52-50-19-10-12-23-55(50)60(2,3)57(52)37-44)49-18-8-9-21-54(49)59(39)45-33-36-53-51-20-11-13-24-56(51)61(4,5)58(53)38-45;1-2/h6-38H,1-5H3;1-2H3. The lowest BCUT2D eigenvalue weighted by atomic mass is 9.81. The third-order valence-electron chi connectivity index (χ3n) is 13.9. The van der Waals surface area contributed by atoms with Crippen LogP contribution in [0.3, 0.4) is 0 Å². The van der Waals surface area contributed by atoms with Gasteiger partial charge in [0.1, 0.15) is 0 Å². The second kappa shape index (κ2) is 15.7. The van der Waals surface area contributed by atoms with E-state index in [9.17, 15) is 0 Å². The summed E-state index contributed by atoms with van der Waals surface area (Å²) < 4.78 is 0. The van der Waals surface area contributed by atoms with Gasteiger partial charge in [-0.15, -0.1) is 0 Å². The van der Waals surface area contributed by atoms with E-state index in [0.29, 0.717) is 0 Å². The molecule has 0 nitrogen and oxygen atoms in total. The van der Waals surface area contributed by atoms with E-state index < -0.39 is 0 Å². The van der Waals surface area contributed by atoms with Crippen LogP contribution in [0.1, 0.15) is 69.4 Å². The Kier molecular flexibility index (Phi) is 9.99. The zero-order chi connectivity index (χ0) is 43.5. The molecule has 0 amide bonds. The summed E-state index contributed by atoms with van der Waals surface area (Å²) in [4.78, 5) is 0. The molecule has 0 saturated carbocycles. The van der Waals surface area contributed by atoms with Crippen LogP contribution in [0.2, 0.25) is 0 Å². The first-order valence-electron chi connectivity index (χ1n) is 22.7. The van der Waals surface area contributed by atoms with Crippen LogP contribution in [0.5, 0.6) is 0 Å². The van der Waals surface area contributed by atoms with Gasteiger partial charge in [-0.1, -0.05) is 230 Å². The maximum Gasteiger partial charge on any atom is 0.0159 e. The number of hydrogen-bond donors (Lipinski definition) is 0. The molecule has 11 rings (SSSR count). The van der Waals surface area contributed by atoms with Gasteiger partial charge in [0.05, 0.1) is 0 Å². The minimum absolute atomic E-state index is 0.101. The SMILES string of the molecule is CC.Cc1ccc(-c2ccc(-c3cccc4ccccc34)cc2)ccc(-c2ccc3c(c2)C(C)(C)c2ccccc2-3)c2ccccc2c1-c1ccc2c(c1)C(C)(C)c1ccccc1-2. The molecule has 2 aliphatic carbocycles. The Morgan fingerprint density at radius 2 is 0.683 bits per heavy atom. The Hall–Kier alpha value is -7.02. The van der Waals surface area contributed by atoms with Crippen molar-refractivity contribution < 1.29 is 0 Å². The summed E-state index contributed by atoms with van der Waals surface area (Å²) >= 11 is 0. The summed E-state index contributed by atoms with van der Waals surface area (Å²) in [6, 6.07) is 75.0. The molecule has 0 saturated heterocycles. The van der Waals surface area contributed by atoms with E-state index in [-0.39, 0.29) is 10.8 Å². The second-order valence-electron chi connectivity index (χ2n) is 18.1. The summed E-state index contributed by atoms with van der Waals surface area (Å²) in [6.45, 7) is 15.8. The summed E-state index contributed by atoms with van der Waals surface area (Å²) in [7, 11) is 0. The molecular weight excluding hydrogens is 757 g/mol. The third kappa shape index (κ3) is 6.59. The van der Waals surface area contributed by atoms with Crippen LogP contribution < -0.4 is 0 Å². The molecule has 0 heteroatoms. The number of hydrogen-bond acceptors (Lipinski definition) is 0. The van der Waals surface area contributed by atoms with Gasteiger partial charge in [-0.2, -0.15) is 0 Å². The average molecular weight is 811 g/mol. The van der Waals surface area contributed by atoms with Crippen molar-refractivity contribution in [3.8, 4) is 66.8 Å². The highest BCUT2D eigenvalue weighted by Crippen LogP contribution is 2.52. The lowest BCUT2D eigenvalue weighted by Gasteiger charge is -2.22. The van der Waals surface area contributed by atoms with Crippen LogP contribution in [-0.2, 0) is 10.8 Å². The molecule has 9 aromatic rings. The fourth-order valence-electron chi connectivity index (χ4n) is 10.6. The molecule has 0 unspecified atom stereocenters. The number of rotatable bonds is 4. The van der Waals surface area contributed by atoms with E-state index in [4.69, 9.17) is 0 Å². The average Bonchev–Trinajstić information content (AvgIpc) is 3.70. The van der Waals surface area contributed by atoms with Crippen molar-refractivity contribution in [2.45, 2.75) is 59.3 Å². The van der Waals surface area contributed by atoms with Gasteiger partial charge >= 0.3 is 0 Å². The van der Waals surface area contributed by atoms with E-state index >= 15 is 0 Å². The molecule has 2 aliphatic rings. The Bertz CT molecular complexity index is 3290. The van der Waals surface area contributed by atoms with Gasteiger partial charge in [0.15, 0.2) is 0 Å². The summed E-state index contributed by atoms with van der Waals surface area (Å²) in [5.41, 5.74) is 21.7. The van der Waals surface area contributed by atoms with Crippen LogP contribution in [0, 0.1) is 6.92 Å². The quantitative estimate of drug-likeness (QED) is 0.166. The van der Waals surface area contributed by atoms with Gasteiger partial charge in [-0.05, 0) is 135 Å². The van der Waals surface area contributed by atoms with Crippen LogP contribution >= 0.6 is 0 Å². The normalized spacial score (nSPS) is 13.6. The Morgan fingerprint density at radius 3 is 1.33 bits per heavy atom. The van der Waals surface area contributed by atoms with E-state index in [2.05, 4.69) is 235 Å². The smallest absolute Gasteiger partial charge is 0.0159 e. The van der Waals surface area contributed by atoms with Crippen molar-refractivity contribution in [3.05, 3.63) is 228 Å². The van der Waals surface area contributed by atoms with Gasteiger partial charge in [-0.3, -0.25) is 0 Å². The highest BCUT2D eigenvalue weighted by Gasteiger charge is 2.36. The number of benzene rings is 8. The topological polar surface area (TPSA) is 0 Å². The van der Waals surface area contributed by atoms with Crippen LogP contribution in [0.4, 0.5) is 0 Å². The van der Waals surface area contributed by atoms with E-state index in [1.807, 2.05) is 13.8 Å². The van der Waals surface area contributed by atoms with Gasteiger partial charge in [0.2, 0.25) is 0 Å². The molecule has 0 bridgehead atoms. The van der Waals surface area contributed by atoms with Gasteiger partial charge < -0.3 is 0 Å². The summed E-state index contributed by atoms with van der Waals surface area (Å²) in [6.07, 6.45) is 0. The van der Waals surface area contributed by atoms with Gasteiger partial charge in [0, 0.05) is 10.8 Å². The summed E-state index contributed by atoms with van der Waals surface area (Å²) in [5.74, 6) is 0. The van der Waals surface area contributed by atoms with Gasteiger partial charge in [0.25, 0.3) is 0 Å². The van der Waals surface area contributed by atoms with Crippen LogP contribution in [0.25, 0.3) is 88.3 Å². The Morgan fingerprint density at radius 1 is 0.286 bits per heavy atom. The van der Waals surface area contributed by atoms with E-state index in [1.165, 1.54) is 116 Å².